The SMILES string of the molecule is CNC[C@](Cc1ccccc1)(C(=O)O)C(=O)OCC1c2ccccc2-c2ccccc21. The largest absolute Gasteiger partial charge is 0.480 e. The Balaban J connectivity index is 1.60. The zero-order valence-electron chi connectivity index (χ0n) is 17.4. The number of ether oxygens (including phenoxy) is 1. The van der Waals surface area contributed by atoms with Crippen LogP contribution in [0.1, 0.15) is 22.6 Å². The number of esters is 1. The van der Waals surface area contributed by atoms with Gasteiger partial charge in [-0.25, -0.2) is 0 Å². The van der Waals surface area contributed by atoms with Crippen LogP contribution in [0.2, 0.25) is 0 Å². The van der Waals surface area contributed by atoms with E-state index < -0.39 is 17.4 Å². The predicted octanol–water partition coefficient (Wildman–Crippen LogP) is 3.88. The van der Waals surface area contributed by atoms with Crippen molar-refractivity contribution in [1.82, 2.24) is 5.32 Å². The maximum absolute atomic E-state index is 13.2. The fraction of sp³-hybridized carbons (Fsp3) is 0.231. The molecule has 0 saturated heterocycles. The summed E-state index contributed by atoms with van der Waals surface area (Å²) in [6, 6.07) is 25.3. The number of rotatable bonds is 8. The Morgan fingerprint density at radius 3 is 2.00 bits per heavy atom. The smallest absolute Gasteiger partial charge is 0.325 e. The molecule has 0 aliphatic heterocycles. The van der Waals surface area contributed by atoms with Crippen molar-refractivity contribution in [2.24, 2.45) is 5.41 Å². The molecule has 3 aromatic carbocycles. The second-order valence-electron chi connectivity index (χ2n) is 7.91. The van der Waals surface area contributed by atoms with E-state index in [1.165, 1.54) is 0 Å². The van der Waals surface area contributed by atoms with Crippen LogP contribution in [0, 0.1) is 5.41 Å². The molecule has 0 bridgehead atoms. The van der Waals surface area contributed by atoms with Crippen molar-refractivity contribution in [3.8, 4) is 11.1 Å². The van der Waals surface area contributed by atoms with Crippen molar-refractivity contribution < 1.29 is 19.4 Å². The van der Waals surface area contributed by atoms with Gasteiger partial charge in [-0.1, -0.05) is 78.9 Å². The van der Waals surface area contributed by atoms with Crippen LogP contribution in [-0.2, 0) is 20.7 Å². The lowest BCUT2D eigenvalue weighted by Gasteiger charge is -2.28. The van der Waals surface area contributed by atoms with E-state index in [0.29, 0.717) is 0 Å². The Morgan fingerprint density at radius 2 is 1.45 bits per heavy atom. The number of carboxylic acid groups (broad SMARTS) is 1. The van der Waals surface area contributed by atoms with Gasteiger partial charge in [0.05, 0.1) is 0 Å². The summed E-state index contributed by atoms with van der Waals surface area (Å²) in [5.41, 5.74) is 3.51. The van der Waals surface area contributed by atoms with Gasteiger partial charge in [-0.05, 0) is 34.9 Å². The number of carbonyl (C=O) groups excluding carboxylic acids is 1. The molecule has 0 unspecified atom stereocenters. The van der Waals surface area contributed by atoms with E-state index in [1.807, 2.05) is 66.7 Å². The van der Waals surface area contributed by atoms with E-state index in [-0.39, 0.29) is 25.5 Å². The van der Waals surface area contributed by atoms with E-state index in [2.05, 4.69) is 17.4 Å². The number of carbonyl (C=O) groups is 2. The zero-order valence-corrected chi connectivity index (χ0v) is 17.4. The molecule has 1 aliphatic carbocycles. The molecule has 1 atom stereocenters. The molecule has 0 fully saturated rings. The molecule has 0 aromatic heterocycles. The highest BCUT2D eigenvalue weighted by Crippen LogP contribution is 2.44. The normalized spacial score (nSPS) is 14.4. The highest BCUT2D eigenvalue weighted by atomic mass is 16.5. The van der Waals surface area contributed by atoms with Gasteiger partial charge in [0.2, 0.25) is 0 Å². The van der Waals surface area contributed by atoms with Crippen LogP contribution in [0.3, 0.4) is 0 Å². The van der Waals surface area contributed by atoms with E-state index in [4.69, 9.17) is 4.74 Å². The minimum absolute atomic E-state index is 0.0199. The summed E-state index contributed by atoms with van der Waals surface area (Å²) >= 11 is 0. The maximum Gasteiger partial charge on any atom is 0.325 e. The third-order valence-corrected chi connectivity index (χ3v) is 5.97. The molecular formula is C26H25NO4. The van der Waals surface area contributed by atoms with E-state index in [9.17, 15) is 14.7 Å². The summed E-state index contributed by atoms with van der Waals surface area (Å²) in [4.78, 5) is 25.5. The first-order chi connectivity index (χ1) is 15.1. The summed E-state index contributed by atoms with van der Waals surface area (Å²) in [5, 5.41) is 12.9. The number of nitrogens with one attached hydrogen (secondary N) is 1. The molecule has 158 valence electrons. The number of hydrogen-bond donors (Lipinski definition) is 2. The van der Waals surface area contributed by atoms with Gasteiger partial charge in [-0.2, -0.15) is 0 Å². The molecule has 5 heteroatoms. The number of aliphatic carboxylic acids is 1. The van der Waals surface area contributed by atoms with Crippen LogP contribution in [0.4, 0.5) is 0 Å². The fourth-order valence-electron chi connectivity index (χ4n) is 4.43. The predicted molar refractivity (Wildman–Crippen MR) is 119 cm³/mol. The Morgan fingerprint density at radius 1 is 0.903 bits per heavy atom. The Kier molecular flexibility index (Phi) is 5.87. The lowest BCUT2D eigenvalue weighted by molar-refractivity contribution is -0.168. The van der Waals surface area contributed by atoms with Gasteiger partial charge in [0, 0.05) is 18.9 Å². The molecule has 3 aromatic rings. The lowest BCUT2D eigenvalue weighted by Crippen LogP contribution is -2.49. The molecule has 4 rings (SSSR count). The molecule has 1 aliphatic rings. The van der Waals surface area contributed by atoms with Gasteiger partial charge in [-0.3, -0.25) is 9.59 Å². The fourth-order valence-corrected chi connectivity index (χ4v) is 4.43. The molecule has 5 nitrogen and oxygen atoms in total. The minimum Gasteiger partial charge on any atom is -0.480 e. The van der Waals surface area contributed by atoms with E-state index >= 15 is 0 Å². The summed E-state index contributed by atoms with van der Waals surface area (Å²) in [6.45, 7) is 0.0777. The summed E-state index contributed by atoms with van der Waals surface area (Å²) in [7, 11) is 1.64. The topological polar surface area (TPSA) is 75.6 Å². The van der Waals surface area contributed by atoms with Gasteiger partial charge in [0.25, 0.3) is 0 Å². The molecule has 0 amide bonds. The lowest BCUT2D eigenvalue weighted by atomic mass is 9.81. The van der Waals surface area contributed by atoms with Gasteiger partial charge < -0.3 is 15.2 Å². The Labute approximate surface area is 181 Å². The third-order valence-electron chi connectivity index (χ3n) is 5.97. The minimum atomic E-state index is -1.70. The first-order valence-corrected chi connectivity index (χ1v) is 10.3. The number of carboxylic acids is 1. The van der Waals surface area contributed by atoms with Gasteiger partial charge in [0.1, 0.15) is 6.61 Å². The van der Waals surface area contributed by atoms with Crippen molar-refractivity contribution in [2.45, 2.75) is 12.3 Å². The van der Waals surface area contributed by atoms with Crippen molar-refractivity contribution in [2.75, 3.05) is 20.2 Å². The second-order valence-corrected chi connectivity index (χ2v) is 7.91. The Hall–Kier alpha value is -3.44. The van der Waals surface area contributed by atoms with Crippen LogP contribution in [-0.4, -0.2) is 37.2 Å². The van der Waals surface area contributed by atoms with Crippen LogP contribution in [0.5, 0.6) is 0 Å². The van der Waals surface area contributed by atoms with Crippen LogP contribution < -0.4 is 5.32 Å². The monoisotopic (exact) mass is 415 g/mol. The van der Waals surface area contributed by atoms with Gasteiger partial charge in [-0.15, -0.1) is 0 Å². The average molecular weight is 415 g/mol. The standard InChI is InChI=1S/C26H25NO4/c1-27-17-26(24(28)29,15-18-9-3-2-4-10-18)25(30)31-16-23-21-13-7-5-11-19(21)20-12-6-8-14-22(20)23/h2-14,23,27H,15-17H2,1H3,(H,28,29)/t26-/m1/s1. The molecule has 0 spiro atoms. The number of hydrogen-bond acceptors (Lipinski definition) is 4. The first-order valence-electron chi connectivity index (χ1n) is 10.3. The summed E-state index contributed by atoms with van der Waals surface area (Å²) in [6.07, 6.45) is 0.0562. The molecule has 0 saturated carbocycles. The Bertz CT molecular complexity index is 1050. The first kappa shape index (κ1) is 20.8. The second kappa shape index (κ2) is 8.74. The molecule has 0 radical (unpaired) electrons. The number of fused-ring (bicyclic) bond motifs is 3. The third kappa shape index (κ3) is 3.84. The van der Waals surface area contributed by atoms with E-state index in [1.54, 1.807) is 7.05 Å². The van der Waals surface area contributed by atoms with Crippen LogP contribution in [0.15, 0.2) is 78.9 Å². The molecular weight excluding hydrogens is 390 g/mol. The van der Waals surface area contributed by atoms with Crippen molar-refractivity contribution in [1.29, 1.82) is 0 Å². The highest BCUT2D eigenvalue weighted by Gasteiger charge is 2.48. The zero-order chi connectivity index (χ0) is 21.8. The summed E-state index contributed by atoms with van der Waals surface area (Å²) in [5.74, 6) is -2.03. The highest BCUT2D eigenvalue weighted by molar-refractivity contribution is 6.00. The molecule has 2 N–H and O–H groups in total. The molecule has 0 heterocycles. The van der Waals surface area contributed by atoms with Crippen LogP contribution in [0.25, 0.3) is 11.1 Å². The quantitative estimate of drug-likeness (QED) is 0.431. The van der Waals surface area contributed by atoms with Gasteiger partial charge in [0.15, 0.2) is 5.41 Å². The molecule has 31 heavy (non-hydrogen) atoms. The maximum atomic E-state index is 13.2. The van der Waals surface area contributed by atoms with Crippen LogP contribution >= 0.6 is 0 Å². The summed E-state index contributed by atoms with van der Waals surface area (Å²) < 4.78 is 5.73. The average Bonchev–Trinajstić information content (AvgIpc) is 3.11. The van der Waals surface area contributed by atoms with E-state index in [0.717, 1.165) is 27.8 Å². The number of benzene rings is 3. The van der Waals surface area contributed by atoms with Gasteiger partial charge >= 0.3 is 11.9 Å². The van der Waals surface area contributed by atoms with Crippen molar-refractivity contribution in [3.63, 3.8) is 0 Å². The van der Waals surface area contributed by atoms with Crippen molar-refractivity contribution in [3.05, 3.63) is 95.6 Å². The van der Waals surface area contributed by atoms with Crippen molar-refractivity contribution >= 4 is 11.9 Å².